The van der Waals surface area contributed by atoms with Crippen molar-refractivity contribution in [3.05, 3.63) is 50.9 Å². The average Bonchev–Trinajstić information content (AvgIpc) is 2.74. The quantitative estimate of drug-likeness (QED) is 0.911. The SMILES string of the molecule is N#Cc1cc(NCc2ccc(Cl)s2)ccc1F. The standard InChI is InChI=1S/C12H8ClFN2S/c13-12-4-2-10(17-12)7-16-9-1-3-11(14)8(5-9)6-15/h1-5,16H,7H2. The number of rotatable bonds is 3. The molecule has 0 bridgehead atoms. The topological polar surface area (TPSA) is 35.8 Å². The summed E-state index contributed by atoms with van der Waals surface area (Å²) in [5.74, 6) is -0.503. The van der Waals surface area contributed by atoms with E-state index in [1.807, 2.05) is 12.1 Å². The summed E-state index contributed by atoms with van der Waals surface area (Å²) in [5.41, 5.74) is 0.756. The maximum absolute atomic E-state index is 13.1. The Balaban J connectivity index is 2.07. The van der Waals surface area contributed by atoms with Crippen LogP contribution in [0.2, 0.25) is 4.34 Å². The number of anilines is 1. The number of nitriles is 1. The Bertz CT molecular complexity index is 574. The highest BCUT2D eigenvalue weighted by molar-refractivity contribution is 7.16. The Labute approximate surface area is 107 Å². The van der Waals surface area contributed by atoms with Gasteiger partial charge in [-0.2, -0.15) is 5.26 Å². The van der Waals surface area contributed by atoms with Crippen molar-refractivity contribution in [3.8, 4) is 6.07 Å². The molecule has 0 saturated heterocycles. The second-order valence-electron chi connectivity index (χ2n) is 3.37. The molecule has 17 heavy (non-hydrogen) atoms. The lowest BCUT2D eigenvalue weighted by Gasteiger charge is -2.05. The molecule has 0 atom stereocenters. The van der Waals surface area contributed by atoms with Crippen LogP contribution in [0.3, 0.4) is 0 Å². The van der Waals surface area contributed by atoms with Crippen LogP contribution in [-0.4, -0.2) is 0 Å². The van der Waals surface area contributed by atoms with E-state index in [0.717, 1.165) is 9.21 Å². The molecule has 0 amide bonds. The van der Waals surface area contributed by atoms with Gasteiger partial charge in [0, 0.05) is 17.1 Å². The van der Waals surface area contributed by atoms with Crippen molar-refractivity contribution in [3.63, 3.8) is 0 Å². The molecule has 0 aliphatic heterocycles. The van der Waals surface area contributed by atoms with Gasteiger partial charge in [-0.25, -0.2) is 4.39 Å². The third-order valence-electron chi connectivity index (χ3n) is 2.18. The van der Waals surface area contributed by atoms with Crippen molar-refractivity contribution in [2.75, 3.05) is 5.32 Å². The molecule has 2 nitrogen and oxygen atoms in total. The summed E-state index contributed by atoms with van der Waals surface area (Å²) in [5, 5.41) is 11.8. The average molecular weight is 267 g/mol. The van der Waals surface area contributed by atoms with Crippen molar-refractivity contribution < 1.29 is 4.39 Å². The van der Waals surface area contributed by atoms with Gasteiger partial charge in [0.05, 0.1) is 9.90 Å². The first-order valence-corrected chi connectivity index (χ1v) is 6.06. The number of nitrogens with one attached hydrogen (secondary N) is 1. The van der Waals surface area contributed by atoms with E-state index in [0.29, 0.717) is 12.2 Å². The Morgan fingerprint density at radius 1 is 1.35 bits per heavy atom. The Hall–Kier alpha value is -1.57. The molecule has 2 rings (SSSR count). The summed E-state index contributed by atoms with van der Waals surface area (Å²) in [4.78, 5) is 1.08. The van der Waals surface area contributed by atoms with Crippen molar-refractivity contribution in [2.24, 2.45) is 0 Å². The molecule has 0 unspecified atom stereocenters. The third kappa shape index (κ3) is 2.96. The van der Waals surface area contributed by atoms with Gasteiger partial charge in [0.1, 0.15) is 11.9 Å². The van der Waals surface area contributed by atoms with Gasteiger partial charge >= 0.3 is 0 Å². The highest BCUT2D eigenvalue weighted by Crippen LogP contribution is 2.22. The first kappa shape index (κ1) is 11.9. The molecule has 0 fully saturated rings. The van der Waals surface area contributed by atoms with E-state index in [-0.39, 0.29) is 5.56 Å². The number of benzene rings is 1. The molecule has 5 heteroatoms. The Morgan fingerprint density at radius 2 is 2.18 bits per heavy atom. The molecule has 1 heterocycles. The van der Waals surface area contributed by atoms with E-state index in [1.54, 1.807) is 12.1 Å². The fraction of sp³-hybridized carbons (Fsp3) is 0.0833. The van der Waals surface area contributed by atoms with E-state index in [4.69, 9.17) is 16.9 Å². The number of hydrogen-bond acceptors (Lipinski definition) is 3. The minimum atomic E-state index is -0.503. The number of halogens is 2. The van der Waals surface area contributed by atoms with Gasteiger partial charge in [0.2, 0.25) is 0 Å². The van der Waals surface area contributed by atoms with Gasteiger partial charge in [-0.1, -0.05) is 11.6 Å². The van der Waals surface area contributed by atoms with Gasteiger partial charge in [0.15, 0.2) is 0 Å². The summed E-state index contributed by atoms with van der Waals surface area (Å²) in [6.45, 7) is 0.605. The number of thiophene rings is 1. The van der Waals surface area contributed by atoms with Gasteiger partial charge in [-0.3, -0.25) is 0 Å². The Kier molecular flexibility index (Phi) is 3.62. The summed E-state index contributed by atoms with van der Waals surface area (Å²) >= 11 is 7.29. The van der Waals surface area contributed by atoms with E-state index < -0.39 is 5.82 Å². The molecule has 0 aliphatic carbocycles. The van der Waals surface area contributed by atoms with Crippen LogP contribution in [0.15, 0.2) is 30.3 Å². The zero-order valence-electron chi connectivity index (χ0n) is 8.71. The molecule has 86 valence electrons. The fourth-order valence-electron chi connectivity index (χ4n) is 1.36. The third-order valence-corrected chi connectivity index (χ3v) is 3.41. The zero-order valence-corrected chi connectivity index (χ0v) is 10.3. The molecular weight excluding hydrogens is 259 g/mol. The lowest BCUT2D eigenvalue weighted by atomic mass is 10.2. The lowest BCUT2D eigenvalue weighted by Crippen LogP contribution is -1.98. The van der Waals surface area contributed by atoms with Crippen LogP contribution in [0.1, 0.15) is 10.4 Å². The van der Waals surface area contributed by atoms with Crippen LogP contribution in [0, 0.1) is 17.1 Å². The predicted molar refractivity (Wildman–Crippen MR) is 67.8 cm³/mol. The van der Waals surface area contributed by atoms with Crippen molar-refractivity contribution >= 4 is 28.6 Å². The number of hydrogen-bond donors (Lipinski definition) is 1. The van der Waals surface area contributed by atoms with E-state index in [9.17, 15) is 4.39 Å². The van der Waals surface area contributed by atoms with E-state index >= 15 is 0 Å². The van der Waals surface area contributed by atoms with Crippen molar-refractivity contribution in [2.45, 2.75) is 6.54 Å². The molecular formula is C12H8ClFN2S. The molecule has 0 aliphatic rings. The highest BCUT2D eigenvalue weighted by atomic mass is 35.5. The van der Waals surface area contributed by atoms with E-state index in [2.05, 4.69) is 5.32 Å². The van der Waals surface area contributed by atoms with Gasteiger partial charge < -0.3 is 5.32 Å². The van der Waals surface area contributed by atoms with Crippen LogP contribution in [0.5, 0.6) is 0 Å². The smallest absolute Gasteiger partial charge is 0.141 e. The van der Waals surface area contributed by atoms with Crippen LogP contribution in [0.4, 0.5) is 10.1 Å². The fourth-order valence-corrected chi connectivity index (χ4v) is 2.38. The second-order valence-corrected chi connectivity index (χ2v) is 5.17. The molecule has 1 N–H and O–H groups in total. The summed E-state index contributed by atoms with van der Waals surface area (Å²) in [6, 6.07) is 9.93. The second kappa shape index (κ2) is 5.17. The molecule has 0 spiro atoms. The van der Waals surface area contributed by atoms with Crippen LogP contribution in [-0.2, 0) is 6.54 Å². The summed E-state index contributed by atoms with van der Waals surface area (Å²) < 4.78 is 13.8. The monoisotopic (exact) mass is 266 g/mol. The lowest BCUT2D eigenvalue weighted by molar-refractivity contribution is 0.624. The zero-order chi connectivity index (χ0) is 12.3. The van der Waals surface area contributed by atoms with Crippen molar-refractivity contribution in [1.82, 2.24) is 0 Å². The molecule has 1 aromatic heterocycles. The normalized spacial score (nSPS) is 9.94. The van der Waals surface area contributed by atoms with Crippen LogP contribution >= 0.6 is 22.9 Å². The summed E-state index contributed by atoms with van der Waals surface area (Å²) in [7, 11) is 0. The molecule has 0 radical (unpaired) electrons. The minimum absolute atomic E-state index is 0.0409. The molecule has 0 saturated carbocycles. The first-order valence-electron chi connectivity index (χ1n) is 4.87. The van der Waals surface area contributed by atoms with Gasteiger partial charge in [-0.05, 0) is 30.3 Å². The van der Waals surface area contributed by atoms with Gasteiger partial charge in [0.25, 0.3) is 0 Å². The maximum Gasteiger partial charge on any atom is 0.141 e. The first-order chi connectivity index (χ1) is 8.19. The maximum atomic E-state index is 13.1. The largest absolute Gasteiger partial charge is 0.380 e. The van der Waals surface area contributed by atoms with Crippen LogP contribution in [0.25, 0.3) is 0 Å². The minimum Gasteiger partial charge on any atom is -0.380 e. The molecule has 1 aromatic carbocycles. The predicted octanol–water partition coefficient (Wildman–Crippen LogP) is 4.02. The summed E-state index contributed by atoms with van der Waals surface area (Å²) in [6.07, 6.45) is 0. The van der Waals surface area contributed by atoms with Crippen molar-refractivity contribution in [1.29, 1.82) is 5.26 Å². The molecule has 2 aromatic rings. The number of nitrogens with zero attached hydrogens (tertiary/aromatic N) is 1. The van der Waals surface area contributed by atoms with E-state index in [1.165, 1.54) is 23.5 Å². The van der Waals surface area contributed by atoms with Gasteiger partial charge in [-0.15, -0.1) is 11.3 Å². The van der Waals surface area contributed by atoms with Crippen LogP contribution < -0.4 is 5.32 Å². The Morgan fingerprint density at radius 3 is 2.82 bits per heavy atom. The highest BCUT2D eigenvalue weighted by Gasteiger charge is 2.03.